The highest BCUT2D eigenvalue weighted by atomic mass is 16.5. The Kier molecular flexibility index (Phi) is 4.16. The van der Waals surface area contributed by atoms with E-state index in [1.54, 1.807) is 0 Å². The smallest absolute Gasteiger partial charge is 0.227 e. The molecule has 0 aliphatic heterocycles. The number of nitrogens with one attached hydrogen (secondary N) is 1. The third-order valence-corrected chi connectivity index (χ3v) is 2.87. The van der Waals surface area contributed by atoms with Crippen molar-refractivity contribution in [1.82, 2.24) is 9.97 Å². The van der Waals surface area contributed by atoms with Crippen LogP contribution in [-0.4, -0.2) is 17.0 Å². The third kappa shape index (κ3) is 3.04. The van der Waals surface area contributed by atoms with Gasteiger partial charge in [0.05, 0.1) is 18.1 Å². The van der Waals surface area contributed by atoms with Crippen LogP contribution < -0.4 is 10.1 Å². The number of nitriles is 1. The first kappa shape index (κ1) is 13.8. The summed E-state index contributed by atoms with van der Waals surface area (Å²) in [4.78, 5) is 8.60. The summed E-state index contributed by atoms with van der Waals surface area (Å²) in [6.45, 7) is 3.73. The summed E-state index contributed by atoms with van der Waals surface area (Å²) in [7, 11) is 1.81. The van der Waals surface area contributed by atoms with E-state index in [2.05, 4.69) is 21.4 Å². The van der Waals surface area contributed by atoms with E-state index in [1.165, 1.54) is 0 Å². The van der Waals surface area contributed by atoms with Gasteiger partial charge in [0.25, 0.3) is 0 Å². The fourth-order valence-corrected chi connectivity index (χ4v) is 1.82. The molecule has 0 fully saturated rings. The molecule has 0 saturated carbocycles. The van der Waals surface area contributed by atoms with Crippen molar-refractivity contribution in [3.63, 3.8) is 0 Å². The summed E-state index contributed by atoms with van der Waals surface area (Å²) in [6.07, 6.45) is 0.399. The van der Waals surface area contributed by atoms with Gasteiger partial charge < -0.3 is 10.1 Å². The lowest BCUT2D eigenvalue weighted by atomic mass is 10.2. The number of aromatic nitrogens is 2. The zero-order chi connectivity index (χ0) is 14.5. The Morgan fingerprint density at radius 1 is 1.20 bits per heavy atom. The minimum absolute atomic E-state index is 0.399. The van der Waals surface area contributed by atoms with Gasteiger partial charge in [0.1, 0.15) is 17.4 Å². The summed E-state index contributed by atoms with van der Waals surface area (Å²) < 4.78 is 5.79. The van der Waals surface area contributed by atoms with E-state index < -0.39 is 0 Å². The molecule has 0 amide bonds. The van der Waals surface area contributed by atoms with Crippen molar-refractivity contribution in [2.24, 2.45) is 0 Å². The highest BCUT2D eigenvalue weighted by Gasteiger charge is 2.10. The quantitative estimate of drug-likeness (QED) is 0.923. The van der Waals surface area contributed by atoms with Crippen LogP contribution in [0.25, 0.3) is 0 Å². The van der Waals surface area contributed by atoms with Gasteiger partial charge in [0.15, 0.2) is 0 Å². The number of rotatable bonds is 4. The zero-order valence-corrected chi connectivity index (χ0v) is 11.8. The van der Waals surface area contributed by atoms with E-state index in [1.807, 2.05) is 45.2 Å². The van der Waals surface area contributed by atoms with Gasteiger partial charge >= 0.3 is 0 Å². The summed E-state index contributed by atoms with van der Waals surface area (Å²) >= 11 is 0. The molecule has 2 rings (SSSR count). The molecule has 1 aromatic carbocycles. The lowest BCUT2D eigenvalue weighted by Crippen LogP contribution is -2.02. The lowest BCUT2D eigenvalue weighted by Gasteiger charge is -2.11. The molecule has 5 nitrogen and oxygen atoms in total. The summed E-state index contributed by atoms with van der Waals surface area (Å²) in [6, 6.07) is 9.54. The zero-order valence-electron chi connectivity index (χ0n) is 11.8. The van der Waals surface area contributed by atoms with Gasteiger partial charge in [-0.15, -0.1) is 0 Å². The largest absolute Gasteiger partial charge is 0.439 e. The second-order valence-electron chi connectivity index (χ2n) is 4.38. The van der Waals surface area contributed by atoms with Crippen molar-refractivity contribution in [3.8, 4) is 17.7 Å². The third-order valence-electron chi connectivity index (χ3n) is 2.87. The van der Waals surface area contributed by atoms with E-state index >= 15 is 0 Å². The maximum atomic E-state index is 8.64. The van der Waals surface area contributed by atoms with Crippen LogP contribution in [0, 0.1) is 25.2 Å². The van der Waals surface area contributed by atoms with Crippen molar-refractivity contribution in [2.75, 3.05) is 12.4 Å². The number of anilines is 1. The molecule has 0 atom stereocenters. The fraction of sp³-hybridized carbons (Fsp3) is 0.267. The van der Waals surface area contributed by atoms with Gasteiger partial charge in [-0.25, -0.2) is 4.98 Å². The Bertz CT molecular complexity index is 644. The van der Waals surface area contributed by atoms with Crippen molar-refractivity contribution >= 4 is 5.82 Å². The molecule has 102 valence electrons. The Balaban J connectivity index is 2.26. The fourth-order valence-electron chi connectivity index (χ4n) is 1.82. The minimum atomic E-state index is 0.399. The highest BCUT2D eigenvalue weighted by molar-refractivity contribution is 5.49. The molecule has 0 aliphatic rings. The monoisotopic (exact) mass is 268 g/mol. The molecule has 0 unspecified atom stereocenters. The predicted octanol–water partition coefficient (Wildman–Crippen LogP) is 2.99. The van der Waals surface area contributed by atoms with Crippen LogP contribution in [0.2, 0.25) is 0 Å². The Morgan fingerprint density at radius 2 is 1.90 bits per heavy atom. The topological polar surface area (TPSA) is 70.8 Å². The van der Waals surface area contributed by atoms with Gasteiger partial charge in [-0.05, 0) is 31.5 Å². The number of aryl methyl sites for hydroxylation is 1. The SMILES string of the molecule is CNc1nc(C)nc(Oc2ccc(CC#N)cc2)c1C. The lowest BCUT2D eigenvalue weighted by molar-refractivity contribution is 0.456. The normalized spacial score (nSPS) is 9.90. The van der Waals surface area contributed by atoms with Gasteiger partial charge in [0.2, 0.25) is 5.88 Å². The van der Waals surface area contributed by atoms with E-state index in [0.29, 0.717) is 23.9 Å². The van der Waals surface area contributed by atoms with Crippen LogP contribution in [0.1, 0.15) is 17.0 Å². The maximum Gasteiger partial charge on any atom is 0.227 e. The van der Waals surface area contributed by atoms with Crippen molar-refractivity contribution in [1.29, 1.82) is 5.26 Å². The number of nitrogens with zero attached hydrogens (tertiary/aromatic N) is 3. The maximum absolute atomic E-state index is 8.64. The molecule has 0 bridgehead atoms. The van der Waals surface area contributed by atoms with Gasteiger partial charge in [-0.2, -0.15) is 10.2 Å². The first-order chi connectivity index (χ1) is 9.63. The average Bonchev–Trinajstić information content (AvgIpc) is 2.45. The van der Waals surface area contributed by atoms with Crippen LogP contribution in [0.5, 0.6) is 11.6 Å². The second-order valence-corrected chi connectivity index (χ2v) is 4.38. The summed E-state index contributed by atoms with van der Waals surface area (Å²) in [5.74, 6) is 2.63. The molecular formula is C15H16N4O. The van der Waals surface area contributed by atoms with Crippen molar-refractivity contribution in [2.45, 2.75) is 20.3 Å². The van der Waals surface area contributed by atoms with Crippen LogP contribution in [0.4, 0.5) is 5.82 Å². The summed E-state index contributed by atoms with van der Waals surface area (Å²) in [5.41, 5.74) is 1.82. The first-order valence-corrected chi connectivity index (χ1v) is 6.30. The Morgan fingerprint density at radius 3 is 2.50 bits per heavy atom. The summed E-state index contributed by atoms with van der Waals surface area (Å²) in [5, 5.41) is 11.7. The van der Waals surface area contributed by atoms with Gasteiger partial charge in [0, 0.05) is 7.05 Å². The molecule has 1 N–H and O–H groups in total. The van der Waals surface area contributed by atoms with E-state index in [0.717, 1.165) is 16.9 Å². The van der Waals surface area contributed by atoms with Crippen LogP contribution in [-0.2, 0) is 6.42 Å². The number of hydrogen-bond donors (Lipinski definition) is 1. The number of benzene rings is 1. The second kappa shape index (κ2) is 6.02. The molecule has 1 heterocycles. The molecule has 0 spiro atoms. The van der Waals surface area contributed by atoms with E-state index in [4.69, 9.17) is 10.00 Å². The van der Waals surface area contributed by atoms with E-state index in [9.17, 15) is 0 Å². The standard InChI is InChI=1S/C15H16N4O/c1-10-14(17-3)18-11(2)19-15(10)20-13-6-4-12(5-7-13)8-9-16/h4-7H,8H2,1-3H3,(H,17,18,19). The molecule has 1 aromatic heterocycles. The highest BCUT2D eigenvalue weighted by Crippen LogP contribution is 2.26. The molecule has 5 heteroatoms. The van der Waals surface area contributed by atoms with Gasteiger partial charge in [-0.3, -0.25) is 0 Å². The van der Waals surface area contributed by atoms with Crippen LogP contribution in [0.3, 0.4) is 0 Å². The Hall–Kier alpha value is -2.61. The molecule has 2 aromatic rings. The minimum Gasteiger partial charge on any atom is -0.439 e. The predicted molar refractivity (Wildman–Crippen MR) is 76.9 cm³/mol. The molecule has 20 heavy (non-hydrogen) atoms. The molecule has 0 saturated heterocycles. The van der Waals surface area contributed by atoms with Gasteiger partial charge in [-0.1, -0.05) is 12.1 Å². The van der Waals surface area contributed by atoms with Crippen molar-refractivity contribution < 1.29 is 4.74 Å². The first-order valence-electron chi connectivity index (χ1n) is 6.30. The Labute approximate surface area is 118 Å². The van der Waals surface area contributed by atoms with E-state index in [-0.39, 0.29) is 0 Å². The van der Waals surface area contributed by atoms with Crippen LogP contribution >= 0.6 is 0 Å². The average molecular weight is 268 g/mol. The number of ether oxygens (including phenoxy) is 1. The molecule has 0 aliphatic carbocycles. The number of hydrogen-bond acceptors (Lipinski definition) is 5. The van der Waals surface area contributed by atoms with Crippen LogP contribution in [0.15, 0.2) is 24.3 Å². The molecule has 0 radical (unpaired) electrons. The van der Waals surface area contributed by atoms with Crippen molar-refractivity contribution in [3.05, 3.63) is 41.2 Å². The molecular weight excluding hydrogens is 252 g/mol.